The zero-order valence-corrected chi connectivity index (χ0v) is 11.4. The minimum Gasteiger partial charge on any atom is -0.480 e. The quantitative estimate of drug-likeness (QED) is 0.909. The second-order valence-corrected chi connectivity index (χ2v) is 4.73. The third-order valence-corrected chi connectivity index (χ3v) is 3.09. The second kappa shape index (κ2) is 6.19. The van der Waals surface area contributed by atoms with Crippen molar-refractivity contribution in [1.82, 2.24) is 4.57 Å². The Kier molecular flexibility index (Phi) is 4.35. The van der Waals surface area contributed by atoms with Crippen LogP contribution in [0.15, 0.2) is 47.4 Å². The molecule has 20 heavy (non-hydrogen) atoms. The van der Waals surface area contributed by atoms with Gasteiger partial charge in [-0.1, -0.05) is 37.6 Å². The van der Waals surface area contributed by atoms with Crippen LogP contribution in [0.25, 0.3) is 11.1 Å². The molecule has 0 fully saturated rings. The number of nitrogens with zero attached hydrogens (tertiary/aromatic N) is 1. The summed E-state index contributed by atoms with van der Waals surface area (Å²) in [5, 5.41) is 8.81. The molecule has 0 amide bonds. The van der Waals surface area contributed by atoms with Crippen molar-refractivity contribution in [2.75, 3.05) is 0 Å². The lowest BCUT2D eigenvalue weighted by molar-refractivity contribution is -0.137. The van der Waals surface area contributed by atoms with Gasteiger partial charge >= 0.3 is 5.97 Å². The molecule has 4 heteroatoms. The van der Waals surface area contributed by atoms with Gasteiger partial charge in [-0.25, -0.2) is 0 Å². The fraction of sp³-hybridized carbons (Fsp3) is 0.250. The molecule has 1 aromatic heterocycles. The van der Waals surface area contributed by atoms with E-state index in [1.165, 1.54) is 16.2 Å². The Morgan fingerprint density at radius 3 is 2.70 bits per heavy atom. The van der Waals surface area contributed by atoms with Gasteiger partial charge in [-0.15, -0.1) is 0 Å². The molecule has 2 rings (SSSR count). The zero-order chi connectivity index (χ0) is 14.5. The van der Waals surface area contributed by atoms with Crippen LogP contribution in [-0.2, 0) is 17.8 Å². The molecule has 0 unspecified atom stereocenters. The Labute approximate surface area is 117 Å². The molecule has 1 heterocycles. The molecule has 4 nitrogen and oxygen atoms in total. The number of rotatable bonds is 5. The van der Waals surface area contributed by atoms with Crippen LogP contribution >= 0.6 is 0 Å². The number of aromatic nitrogens is 1. The monoisotopic (exact) mass is 271 g/mol. The maximum absolute atomic E-state index is 11.6. The number of pyridine rings is 1. The van der Waals surface area contributed by atoms with Crippen molar-refractivity contribution in [3.63, 3.8) is 0 Å². The van der Waals surface area contributed by atoms with Crippen molar-refractivity contribution >= 4 is 5.97 Å². The Balaban J connectivity index is 2.39. The Bertz CT molecular complexity index is 673. The molecular weight excluding hydrogens is 254 g/mol. The van der Waals surface area contributed by atoms with Crippen molar-refractivity contribution in [3.05, 3.63) is 58.5 Å². The molecule has 0 aliphatic heterocycles. The van der Waals surface area contributed by atoms with Crippen LogP contribution in [0.5, 0.6) is 0 Å². The summed E-state index contributed by atoms with van der Waals surface area (Å²) in [6.07, 6.45) is 3.67. The molecule has 2 aromatic rings. The van der Waals surface area contributed by atoms with Gasteiger partial charge in [0.2, 0.25) is 0 Å². The number of aliphatic carboxylic acids is 1. The van der Waals surface area contributed by atoms with Crippen LogP contribution in [0.3, 0.4) is 0 Å². The van der Waals surface area contributed by atoms with E-state index >= 15 is 0 Å². The van der Waals surface area contributed by atoms with Crippen LogP contribution in [0.4, 0.5) is 0 Å². The summed E-state index contributed by atoms with van der Waals surface area (Å²) in [6, 6.07) is 11.2. The molecular formula is C16H17NO3. The van der Waals surface area contributed by atoms with Gasteiger partial charge in [0, 0.05) is 12.3 Å². The lowest BCUT2D eigenvalue weighted by Gasteiger charge is -2.08. The lowest BCUT2D eigenvalue weighted by Crippen LogP contribution is -2.22. The van der Waals surface area contributed by atoms with E-state index in [-0.39, 0.29) is 12.1 Å². The van der Waals surface area contributed by atoms with Gasteiger partial charge < -0.3 is 9.67 Å². The lowest BCUT2D eigenvalue weighted by atomic mass is 10.0. The standard InChI is InChI=1S/C16H17NO3/c1-2-4-12-5-3-6-13(9-12)14-7-8-15(18)17(10-14)11-16(19)20/h3,5-10H,2,4,11H2,1H3,(H,19,20). The first-order chi connectivity index (χ1) is 9.60. The summed E-state index contributed by atoms with van der Waals surface area (Å²) in [5.74, 6) is -1.02. The summed E-state index contributed by atoms with van der Waals surface area (Å²) in [7, 11) is 0. The molecule has 1 aromatic carbocycles. The number of hydrogen-bond acceptors (Lipinski definition) is 2. The fourth-order valence-electron chi connectivity index (χ4n) is 2.17. The van der Waals surface area contributed by atoms with E-state index in [9.17, 15) is 9.59 Å². The fourth-order valence-corrected chi connectivity index (χ4v) is 2.17. The Hall–Kier alpha value is -2.36. The molecule has 0 aliphatic rings. The third kappa shape index (κ3) is 3.35. The highest BCUT2D eigenvalue weighted by atomic mass is 16.4. The molecule has 0 spiro atoms. The van der Waals surface area contributed by atoms with Gasteiger partial charge in [-0.05, 0) is 29.2 Å². The van der Waals surface area contributed by atoms with Crippen molar-refractivity contribution in [1.29, 1.82) is 0 Å². The van der Waals surface area contributed by atoms with E-state index in [2.05, 4.69) is 19.1 Å². The predicted molar refractivity (Wildman–Crippen MR) is 77.8 cm³/mol. The van der Waals surface area contributed by atoms with E-state index in [1.54, 1.807) is 12.3 Å². The molecule has 0 saturated heterocycles. The number of hydrogen-bond donors (Lipinski definition) is 1. The Morgan fingerprint density at radius 1 is 1.20 bits per heavy atom. The number of carboxylic acid groups (broad SMARTS) is 1. The normalized spacial score (nSPS) is 10.4. The average Bonchev–Trinajstić information content (AvgIpc) is 2.41. The van der Waals surface area contributed by atoms with Crippen molar-refractivity contribution < 1.29 is 9.90 Å². The van der Waals surface area contributed by atoms with Gasteiger partial charge in [0.15, 0.2) is 0 Å². The first-order valence-corrected chi connectivity index (χ1v) is 6.61. The van der Waals surface area contributed by atoms with Crippen LogP contribution in [0, 0.1) is 0 Å². The van der Waals surface area contributed by atoms with Gasteiger partial charge in [0.1, 0.15) is 6.54 Å². The molecule has 0 aliphatic carbocycles. The molecule has 0 atom stereocenters. The van der Waals surface area contributed by atoms with E-state index in [0.717, 1.165) is 24.0 Å². The second-order valence-electron chi connectivity index (χ2n) is 4.73. The minimum absolute atomic E-state index is 0.305. The van der Waals surface area contributed by atoms with Gasteiger partial charge in [0.05, 0.1) is 0 Å². The van der Waals surface area contributed by atoms with E-state index in [4.69, 9.17) is 5.11 Å². The van der Waals surface area contributed by atoms with Crippen LogP contribution in [0.1, 0.15) is 18.9 Å². The number of benzene rings is 1. The Morgan fingerprint density at radius 2 is 2.00 bits per heavy atom. The smallest absolute Gasteiger partial charge is 0.323 e. The van der Waals surface area contributed by atoms with E-state index in [1.807, 2.05) is 12.1 Å². The highest BCUT2D eigenvalue weighted by Gasteiger charge is 2.05. The van der Waals surface area contributed by atoms with Crippen LogP contribution in [0.2, 0.25) is 0 Å². The SMILES string of the molecule is CCCc1cccc(-c2ccc(=O)n(CC(=O)O)c2)c1. The average molecular weight is 271 g/mol. The summed E-state index contributed by atoms with van der Waals surface area (Å²) >= 11 is 0. The maximum atomic E-state index is 11.6. The van der Waals surface area contributed by atoms with E-state index in [0.29, 0.717) is 0 Å². The number of aryl methyl sites for hydroxylation is 1. The number of carboxylic acids is 1. The minimum atomic E-state index is -1.02. The van der Waals surface area contributed by atoms with Crippen LogP contribution in [-0.4, -0.2) is 15.6 Å². The topological polar surface area (TPSA) is 59.3 Å². The molecule has 0 bridgehead atoms. The van der Waals surface area contributed by atoms with Gasteiger partial charge in [0.25, 0.3) is 5.56 Å². The molecule has 1 N–H and O–H groups in total. The highest BCUT2D eigenvalue weighted by molar-refractivity contribution is 5.67. The first kappa shape index (κ1) is 14.1. The van der Waals surface area contributed by atoms with Gasteiger partial charge in [-0.3, -0.25) is 9.59 Å². The molecule has 104 valence electrons. The largest absolute Gasteiger partial charge is 0.480 e. The first-order valence-electron chi connectivity index (χ1n) is 6.61. The summed E-state index contributed by atoms with van der Waals surface area (Å²) in [4.78, 5) is 22.4. The molecule has 0 saturated carbocycles. The third-order valence-electron chi connectivity index (χ3n) is 3.09. The maximum Gasteiger partial charge on any atom is 0.323 e. The van der Waals surface area contributed by atoms with Crippen molar-refractivity contribution in [2.24, 2.45) is 0 Å². The molecule has 0 radical (unpaired) electrons. The zero-order valence-electron chi connectivity index (χ0n) is 11.4. The summed E-state index contributed by atoms with van der Waals surface area (Å²) < 4.78 is 1.21. The van der Waals surface area contributed by atoms with Crippen molar-refractivity contribution in [3.8, 4) is 11.1 Å². The predicted octanol–water partition coefficient (Wildman–Crippen LogP) is 2.55. The van der Waals surface area contributed by atoms with Crippen LogP contribution < -0.4 is 5.56 Å². The number of carbonyl (C=O) groups is 1. The van der Waals surface area contributed by atoms with Crippen molar-refractivity contribution in [2.45, 2.75) is 26.3 Å². The highest BCUT2D eigenvalue weighted by Crippen LogP contribution is 2.20. The van der Waals surface area contributed by atoms with E-state index < -0.39 is 5.97 Å². The summed E-state index contributed by atoms with van der Waals surface area (Å²) in [5.41, 5.74) is 2.78. The summed E-state index contributed by atoms with van der Waals surface area (Å²) in [6.45, 7) is 1.81. The van der Waals surface area contributed by atoms with Gasteiger partial charge in [-0.2, -0.15) is 0 Å².